The third-order valence-electron chi connectivity index (χ3n) is 3.17. The molecule has 0 aromatic rings. The molecule has 5 nitrogen and oxygen atoms in total. The van der Waals surface area contributed by atoms with Crippen LogP contribution in [0.3, 0.4) is 0 Å². The summed E-state index contributed by atoms with van der Waals surface area (Å²) in [6, 6.07) is -0.222. The fourth-order valence-corrected chi connectivity index (χ4v) is 4.18. The molecule has 1 heterocycles. The molecule has 6 heteroatoms. The van der Waals surface area contributed by atoms with Crippen LogP contribution in [-0.4, -0.2) is 49.1 Å². The first-order valence-electron chi connectivity index (χ1n) is 5.27. The monoisotopic (exact) mass is 338 g/mol. The molecular weight excluding hydrogens is 323 g/mol. The molecule has 0 unspecified atom stereocenters. The Hall–Kier alpha value is -0.660. The number of rotatable bonds is 3. The molecule has 2 N–H and O–H groups in total. The summed E-state index contributed by atoms with van der Waals surface area (Å²) in [7, 11) is 0. The number of alkyl halides is 1. The Labute approximate surface area is 104 Å². The predicted octanol–water partition coefficient (Wildman–Crippen LogP) is 0.790. The van der Waals surface area contributed by atoms with Gasteiger partial charge in [0.25, 0.3) is 0 Å². The van der Waals surface area contributed by atoms with Crippen LogP contribution >= 0.6 is 20.7 Å². The van der Waals surface area contributed by atoms with Crippen LogP contribution in [0.1, 0.15) is 19.3 Å². The quantitative estimate of drug-likeness (QED) is 0.591. The molecule has 0 aromatic heterocycles. The number of hydrogen-bond acceptors (Lipinski definition) is 2. The number of hydrogen-bond donors (Lipinski definition) is 2. The van der Waals surface area contributed by atoms with Crippen molar-refractivity contribution in [2.75, 3.05) is 13.1 Å². The van der Waals surface area contributed by atoms with Gasteiger partial charge >= 0.3 is 12.0 Å². The summed E-state index contributed by atoms with van der Waals surface area (Å²) in [5.74, 6) is -0.909. The van der Waals surface area contributed by atoms with E-state index >= 15 is 0 Å². The molecule has 0 aromatic carbocycles. The normalized spacial score (nSPS) is 32.5. The minimum atomic E-state index is -0.991. The highest BCUT2D eigenvalue weighted by Crippen LogP contribution is 2.45. The number of nitrogens with one attached hydrogen (secondary N) is 1. The lowest BCUT2D eigenvalue weighted by Gasteiger charge is -2.20. The van der Waals surface area contributed by atoms with E-state index in [0.29, 0.717) is 6.42 Å². The lowest BCUT2D eigenvalue weighted by Crippen LogP contribution is -2.50. The maximum absolute atomic E-state index is 11.8. The lowest BCUT2D eigenvalue weighted by molar-refractivity contribution is -0.140. The molecule has 1 saturated heterocycles. The van der Waals surface area contributed by atoms with Crippen LogP contribution in [-0.2, 0) is 4.79 Å². The van der Waals surface area contributed by atoms with Crippen LogP contribution in [0.5, 0.6) is 0 Å². The van der Waals surface area contributed by atoms with Gasteiger partial charge in [0.2, 0.25) is 0 Å². The number of aliphatic carboxylic acids is 1. The van der Waals surface area contributed by atoms with Gasteiger partial charge in [-0.05, 0) is 19.3 Å². The summed E-state index contributed by atoms with van der Waals surface area (Å²) in [6.45, 7) is 1.48. The maximum Gasteiger partial charge on any atom is 0.330 e. The zero-order valence-electron chi connectivity index (χ0n) is 8.91. The third kappa shape index (κ3) is 1.94. The molecule has 2 aliphatic rings. The summed E-state index contributed by atoms with van der Waals surface area (Å²) in [4.78, 5) is 24.7. The van der Waals surface area contributed by atoms with E-state index in [1.54, 1.807) is 4.90 Å². The summed E-state index contributed by atoms with van der Waals surface area (Å²) in [5.41, 5.74) is -0.991. The SMILES string of the molecule is C=I[C@@H]1C[C@]1(NC(=O)N1CCCC1)C(=O)O. The fourth-order valence-electron chi connectivity index (χ4n) is 2.00. The van der Waals surface area contributed by atoms with Crippen molar-refractivity contribution in [1.29, 1.82) is 0 Å². The van der Waals surface area contributed by atoms with E-state index in [1.807, 2.05) is 0 Å². The third-order valence-corrected chi connectivity index (χ3v) is 5.73. The highest BCUT2D eigenvalue weighted by Gasteiger charge is 2.61. The number of likely N-dealkylation sites (tertiary alicyclic amines) is 1. The number of urea groups is 1. The summed E-state index contributed by atoms with van der Waals surface area (Å²) in [6.07, 6.45) is 2.58. The van der Waals surface area contributed by atoms with Crippen molar-refractivity contribution in [3.8, 4) is 0 Å². The zero-order valence-corrected chi connectivity index (χ0v) is 11.1. The van der Waals surface area contributed by atoms with Gasteiger partial charge in [-0.1, -0.05) is 4.51 Å². The molecule has 2 fully saturated rings. The standard InChI is InChI=1S/C10H15IN2O3/c1-11-7-6-10(7,8(14)15)12-9(16)13-4-2-3-5-13/h7H,1-6H2,(H,12,16)(H,14,15)/t7-,10-/m1/s1. The van der Waals surface area contributed by atoms with E-state index in [1.165, 1.54) is 0 Å². The molecule has 0 spiro atoms. The van der Waals surface area contributed by atoms with Crippen LogP contribution in [0.15, 0.2) is 0 Å². The largest absolute Gasteiger partial charge is 0.479 e. The average Bonchev–Trinajstić information content (AvgIpc) is 2.74. The molecule has 1 aliphatic carbocycles. The molecule has 1 aliphatic heterocycles. The van der Waals surface area contributed by atoms with E-state index in [2.05, 4.69) is 9.83 Å². The van der Waals surface area contributed by atoms with Gasteiger partial charge in [0.15, 0.2) is 5.54 Å². The molecule has 2 rings (SSSR count). The highest BCUT2D eigenvalue weighted by molar-refractivity contribution is 14.2. The van der Waals surface area contributed by atoms with Gasteiger partial charge in [0.05, 0.1) is 0 Å². The molecule has 90 valence electrons. The molecule has 1 saturated carbocycles. The molecule has 16 heavy (non-hydrogen) atoms. The topological polar surface area (TPSA) is 69.6 Å². The Morgan fingerprint density at radius 1 is 1.44 bits per heavy atom. The Bertz CT molecular complexity index is 341. The van der Waals surface area contributed by atoms with Gasteiger partial charge < -0.3 is 15.3 Å². The second-order valence-corrected chi connectivity index (χ2v) is 6.61. The number of carboxylic acids is 1. The first-order valence-corrected chi connectivity index (χ1v) is 8.05. The van der Waals surface area contributed by atoms with Crippen molar-refractivity contribution < 1.29 is 14.7 Å². The van der Waals surface area contributed by atoms with Crippen LogP contribution < -0.4 is 5.32 Å². The predicted molar refractivity (Wildman–Crippen MR) is 69.3 cm³/mol. The smallest absolute Gasteiger partial charge is 0.330 e. The van der Waals surface area contributed by atoms with Gasteiger partial charge in [-0.2, -0.15) is 0 Å². The summed E-state index contributed by atoms with van der Waals surface area (Å²) >= 11 is -0.374. The van der Waals surface area contributed by atoms with E-state index in [0.717, 1.165) is 25.9 Å². The van der Waals surface area contributed by atoms with E-state index in [9.17, 15) is 9.59 Å². The lowest BCUT2D eigenvalue weighted by atomic mass is 10.3. The Morgan fingerprint density at radius 3 is 2.50 bits per heavy atom. The van der Waals surface area contributed by atoms with Crippen molar-refractivity contribution >= 4 is 37.2 Å². The molecule has 0 bridgehead atoms. The number of halogens is 1. The fraction of sp³-hybridized carbons (Fsp3) is 0.700. The first kappa shape index (κ1) is 11.8. The van der Waals surface area contributed by atoms with Crippen molar-refractivity contribution in [1.82, 2.24) is 10.2 Å². The summed E-state index contributed by atoms with van der Waals surface area (Å²) < 4.78 is 3.90. The highest BCUT2D eigenvalue weighted by atomic mass is 127. The van der Waals surface area contributed by atoms with Gasteiger partial charge in [0, 0.05) is 17.0 Å². The van der Waals surface area contributed by atoms with Crippen LogP contribution in [0.2, 0.25) is 0 Å². The zero-order chi connectivity index (χ0) is 11.8. The van der Waals surface area contributed by atoms with E-state index < -0.39 is 11.5 Å². The average molecular weight is 338 g/mol. The van der Waals surface area contributed by atoms with Crippen LogP contribution in [0.4, 0.5) is 4.79 Å². The number of carbonyl (C=O) groups is 2. The molecule has 0 radical (unpaired) electrons. The minimum Gasteiger partial charge on any atom is -0.479 e. The maximum atomic E-state index is 11.8. The van der Waals surface area contributed by atoms with Crippen molar-refractivity contribution in [2.45, 2.75) is 28.7 Å². The number of nitrogens with zero attached hydrogens (tertiary/aromatic N) is 1. The van der Waals surface area contributed by atoms with Gasteiger partial charge in [-0.25, -0.2) is 9.59 Å². The molecule has 2 amide bonds. The second kappa shape index (κ2) is 4.31. The van der Waals surface area contributed by atoms with Gasteiger partial charge in [-0.3, -0.25) is 0 Å². The van der Waals surface area contributed by atoms with Crippen molar-refractivity contribution in [2.24, 2.45) is 0 Å². The molecule has 2 atom stereocenters. The number of carbonyl (C=O) groups excluding carboxylic acids is 1. The van der Waals surface area contributed by atoms with E-state index in [-0.39, 0.29) is 30.7 Å². The summed E-state index contributed by atoms with van der Waals surface area (Å²) in [5, 5.41) is 11.8. The Morgan fingerprint density at radius 2 is 2.06 bits per heavy atom. The van der Waals surface area contributed by atoms with Gasteiger partial charge in [0.1, 0.15) is 0 Å². The van der Waals surface area contributed by atoms with Crippen molar-refractivity contribution in [3.05, 3.63) is 0 Å². The Balaban J connectivity index is 1.99. The van der Waals surface area contributed by atoms with Crippen LogP contribution in [0.25, 0.3) is 0 Å². The van der Waals surface area contributed by atoms with Crippen molar-refractivity contribution in [3.63, 3.8) is 0 Å². The number of amides is 2. The number of carboxylic acid groups (broad SMARTS) is 1. The van der Waals surface area contributed by atoms with Gasteiger partial charge in [-0.15, -0.1) is 20.7 Å². The molecular formula is C10H15IN2O3. The first-order chi connectivity index (χ1) is 7.60. The minimum absolute atomic E-state index is 0.0929. The Kier molecular flexibility index (Phi) is 3.18. The van der Waals surface area contributed by atoms with E-state index in [4.69, 9.17) is 5.11 Å². The van der Waals surface area contributed by atoms with Crippen LogP contribution in [0, 0.1) is 0 Å². The second-order valence-electron chi connectivity index (χ2n) is 4.23.